The summed E-state index contributed by atoms with van der Waals surface area (Å²) < 4.78 is 5.25. The lowest BCUT2D eigenvalue weighted by atomic mass is 9.93. The molecular weight excluding hydrogens is 370 g/mol. The van der Waals surface area contributed by atoms with Crippen molar-refractivity contribution in [1.82, 2.24) is 15.0 Å². The predicted molar refractivity (Wildman–Crippen MR) is 99.2 cm³/mol. The molecule has 1 aliphatic rings. The highest BCUT2D eigenvalue weighted by molar-refractivity contribution is 6.30. The van der Waals surface area contributed by atoms with Crippen LogP contribution in [0.3, 0.4) is 0 Å². The van der Waals surface area contributed by atoms with Crippen LogP contribution in [0.15, 0.2) is 28.8 Å². The van der Waals surface area contributed by atoms with Crippen molar-refractivity contribution < 1.29 is 19.2 Å². The molecule has 144 valence electrons. The van der Waals surface area contributed by atoms with Gasteiger partial charge >= 0.3 is 5.97 Å². The van der Waals surface area contributed by atoms with Gasteiger partial charge in [0.15, 0.2) is 0 Å². The number of hydrogen-bond acceptors (Lipinski definition) is 5. The largest absolute Gasteiger partial charge is 0.481 e. The molecule has 0 aliphatic carbocycles. The van der Waals surface area contributed by atoms with Crippen molar-refractivity contribution in [3.63, 3.8) is 0 Å². The molecule has 7 nitrogen and oxygen atoms in total. The second-order valence-corrected chi connectivity index (χ2v) is 7.32. The second-order valence-electron chi connectivity index (χ2n) is 6.88. The summed E-state index contributed by atoms with van der Waals surface area (Å²) in [6, 6.07) is 7.23. The quantitative estimate of drug-likeness (QED) is 0.810. The number of aryl methyl sites for hydroxylation is 1. The first-order valence-electron chi connectivity index (χ1n) is 9.05. The third kappa shape index (κ3) is 4.86. The number of benzene rings is 1. The van der Waals surface area contributed by atoms with Crippen molar-refractivity contribution in [2.75, 3.05) is 6.54 Å². The van der Waals surface area contributed by atoms with Crippen LogP contribution in [-0.2, 0) is 16.0 Å². The first-order valence-corrected chi connectivity index (χ1v) is 9.42. The summed E-state index contributed by atoms with van der Waals surface area (Å²) in [5.41, 5.74) is 0.812. The highest BCUT2D eigenvalue weighted by Crippen LogP contribution is 2.23. The molecule has 1 aromatic heterocycles. The number of rotatable bonds is 6. The Morgan fingerprint density at radius 3 is 2.74 bits per heavy atom. The van der Waals surface area contributed by atoms with Gasteiger partial charge in [0.1, 0.15) is 0 Å². The third-order valence-corrected chi connectivity index (χ3v) is 5.16. The van der Waals surface area contributed by atoms with E-state index in [0.29, 0.717) is 42.4 Å². The Labute approximate surface area is 162 Å². The van der Waals surface area contributed by atoms with E-state index in [4.69, 9.17) is 16.1 Å². The number of halogens is 1. The summed E-state index contributed by atoms with van der Waals surface area (Å²) in [6.45, 7) is 2.25. The minimum atomic E-state index is -0.833. The third-order valence-electron chi connectivity index (χ3n) is 4.90. The van der Waals surface area contributed by atoms with Crippen LogP contribution in [0.4, 0.5) is 0 Å². The molecule has 1 saturated heterocycles. The summed E-state index contributed by atoms with van der Waals surface area (Å²) in [5.74, 6) is -0.362. The first-order chi connectivity index (χ1) is 12.9. The number of carboxylic acids is 1. The van der Waals surface area contributed by atoms with Crippen molar-refractivity contribution in [1.29, 1.82) is 0 Å². The van der Waals surface area contributed by atoms with Gasteiger partial charge in [-0.1, -0.05) is 16.8 Å². The maximum absolute atomic E-state index is 12.5. The van der Waals surface area contributed by atoms with Crippen LogP contribution in [0, 0.1) is 5.92 Å². The van der Waals surface area contributed by atoms with Crippen LogP contribution in [0.5, 0.6) is 0 Å². The van der Waals surface area contributed by atoms with Crippen LogP contribution >= 0.6 is 11.6 Å². The van der Waals surface area contributed by atoms with Crippen LogP contribution in [-0.4, -0.2) is 44.6 Å². The Morgan fingerprint density at radius 2 is 2.04 bits per heavy atom. The molecule has 3 rings (SSSR count). The molecule has 0 saturated carbocycles. The molecule has 1 aliphatic heterocycles. The van der Waals surface area contributed by atoms with Crippen LogP contribution < -0.4 is 0 Å². The molecule has 1 N–H and O–H groups in total. The number of nitrogens with zero attached hydrogens (tertiary/aromatic N) is 3. The molecule has 2 unspecified atom stereocenters. The van der Waals surface area contributed by atoms with E-state index < -0.39 is 11.9 Å². The topological polar surface area (TPSA) is 96.5 Å². The van der Waals surface area contributed by atoms with E-state index in [9.17, 15) is 14.7 Å². The van der Waals surface area contributed by atoms with E-state index in [-0.39, 0.29) is 18.5 Å². The van der Waals surface area contributed by atoms with E-state index in [0.717, 1.165) is 12.0 Å². The molecule has 1 amide bonds. The highest BCUT2D eigenvalue weighted by Gasteiger charge is 2.32. The van der Waals surface area contributed by atoms with Gasteiger partial charge in [0.05, 0.1) is 5.92 Å². The second kappa shape index (κ2) is 8.52. The molecule has 0 bridgehead atoms. The normalized spacial score (nSPS) is 19.9. The van der Waals surface area contributed by atoms with Gasteiger partial charge in [-0.25, -0.2) is 0 Å². The molecule has 8 heteroatoms. The minimum absolute atomic E-state index is 0.0223. The number of hydrogen-bond donors (Lipinski definition) is 1. The fourth-order valence-corrected chi connectivity index (χ4v) is 3.39. The Bertz CT molecular complexity index is 806. The van der Waals surface area contributed by atoms with Gasteiger partial charge in [-0.3, -0.25) is 9.59 Å². The van der Waals surface area contributed by atoms with E-state index in [1.54, 1.807) is 17.0 Å². The summed E-state index contributed by atoms with van der Waals surface area (Å²) in [7, 11) is 0. The van der Waals surface area contributed by atoms with Crippen molar-refractivity contribution in [3.05, 3.63) is 35.2 Å². The Hall–Kier alpha value is -2.41. The van der Waals surface area contributed by atoms with Crippen LogP contribution in [0.2, 0.25) is 5.02 Å². The molecule has 2 aromatic rings. The first kappa shape index (κ1) is 19.4. The Kier molecular flexibility index (Phi) is 6.11. The summed E-state index contributed by atoms with van der Waals surface area (Å²) in [6.07, 6.45) is 2.74. The number of carbonyl (C=O) groups is 2. The van der Waals surface area contributed by atoms with E-state index >= 15 is 0 Å². The molecule has 2 heterocycles. The number of carbonyl (C=O) groups excluding carboxylic acids is 1. The van der Waals surface area contributed by atoms with E-state index in [2.05, 4.69) is 10.1 Å². The van der Waals surface area contributed by atoms with Crippen LogP contribution in [0.25, 0.3) is 11.4 Å². The average molecular weight is 392 g/mol. The molecule has 0 spiro atoms. The zero-order valence-corrected chi connectivity index (χ0v) is 15.9. The number of amides is 1. The summed E-state index contributed by atoms with van der Waals surface area (Å²) >= 11 is 5.87. The smallest absolute Gasteiger partial charge is 0.308 e. The van der Waals surface area contributed by atoms with Gasteiger partial charge in [0.2, 0.25) is 17.6 Å². The molecule has 1 aromatic carbocycles. The van der Waals surface area contributed by atoms with Crippen molar-refractivity contribution >= 4 is 23.5 Å². The van der Waals surface area contributed by atoms with Crippen molar-refractivity contribution in [2.24, 2.45) is 5.92 Å². The van der Waals surface area contributed by atoms with Crippen molar-refractivity contribution in [3.8, 4) is 11.4 Å². The summed E-state index contributed by atoms with van der Waals surface area (Å²) in [5, 5.41) is 13.8. The fourth-order valence-electron chi connectivity index (χ4n) is 3.26. The van der Waals surface area contributed by atoms with Gasteiger partial charge in [0, 0.05) is 36.0 Å². The average Bonchev–Trinajstić information content (AvgIpc) is 3.11. The maximum atomic E-state index is 12.5. The van der Waals surface area contributed by atoms with Gasteiger partial charge in [0.25, 0.3) is 0 Å². The van der Waals surface area contributed by atoms with Crippen LogP contribution in [0.1, 0.15) is 38.5 Å². The number of piperidine rings is 1. The Morgan fingerprint density at radius 1 is 1.30 bits per heavy atom. The molecule has 2 atom stereocenters. The molecular formula is C19H22ClN3O4. The monoisotopic (exact) mass is 391 g/mol. The van der Waals surface area contributed by atoms with Gasteiger partial charge in [-0.2, -0.15) is 4.98 Å². The van der Waals surface area contributed by atoms with Gasteiger partial charge < -0.3 is 14.5 Å². The van der Waals surface area contributed by atoms with E-state index in [1.165, 1.54) is 0 Å². The maximum Gasteiger partial charge on any atom is 0.308 e. The zero-order valence-electron chi connectivity index (χ0n) is 15.1. The standard InChI is InChI=1S/C19H22ClN3O4/c1-12-5-6-14(19(25)26)11-23(12)17(24)4-2-3-16-21-18(22-27-16)13-7-9-15(20)10-8-13/h7-10,12,14H,2-6,11H2,1H3,(H,25,26). The molecule has 0 radical (unpaired) electrons. The number of aromatic nitrogens is 2. The molecule has 27 heavy (non-hydrogen) atoms. The van der Waals surface area contributed by atoms with Gasteiger partial charge in [-0.15, -0.1) is 0 Å². The lowest BCUT2D eigenvalue weighted by molar-refractivity contribution is -0.147. The van der Waals surface area contributed by atoms with E-state index in [1.807, 2.05) is 19.1 Å². The lowest BCUT2D eigenvalue weighted by Crippen LogP contribution is -2.47. The van der Waals surface area contributed by atoms with Gasteiger partial charge in [-0.05, 0) is 50.5 Å². The Balaban J connectivity index is 1.51. The van der Waals surface area contributed by atoms with Crippen molar-refractivity contribution in [2.45, 2.75) is 45.1 Å². The summed E-state index contributed by atoms with van der Waals surface area (Å²) in [4.78, 5) is 29.7. The molecule has 1 fully saturated rings. The zero-order chi connectivity index (χ0) is 19.4. The predicted octanol–water partition coefficient (Wildman–Crippen LogP) is 3.42. The minimum Gasteiger partial charge on any atom is -0.481 e. The SMILES string of the molecule is CC1CCC(C(=O)O)CN1C(=O)CCCc1nc(-c2ccc(Cl)cc2)no1. The highest BCUT2D eigenvalue weighted by atomic mass is 35.5. The lowest BCUT2D eigenvalue weighted by Gasteiger charge is -2.36. The number of aliphatic carboxylic acids is 1. The number of carboxylic acid groups (broad SMARTS) is 1. The number of likely N-dealkylation sites (tertiary alicyclic amines) is 1. The fraction of sp³-hybridized carbons (Fsp3) is 0.474.